The summed E-state index contributed by atoms with van der Waals surface area (Å²) in [7, 11) is 0. The predicted octanol–water partition coefficient (Wildman–Crippen LogP) is 4.55. The van der Waals surface area contributed by atoms with Crippen molar-refractivity contribution in [1.82, 2.24) is 0 Å². The lowest BCUT2D eigenvalue weighted by Crippen LogP contribution is -2.02. The van der Waals surface area contributed by atoms with Crippen LogP contribution < -0.4 is 10.9 Å². The van der Waals surface area contributed by atoms with Crippen LogP contribution in [0.5, 0.6) is 46.0 Å². The van der Waals surface area contributed by atoms with Crippen molar-refractivity contribution in [3.05, 3.63) is 81.1 Å². The summed E-state index contributed by atoms with van der Waals surface area (Å²) in [4.78, 5) is 25.9. The Bertz CT molecular complexity index is 2230. The molecule has 2 heterocycles. The highest BCUT2D eigenvalue weighted by Crippen LogP contribution is 2.48. The molecule has 8 N–H and O–H groups in total. The van der Waals surface area contributed by atoms with Crippen molar-refractivity contribution in [1.29, 1.82) is 0 Å². The van der Waals surface area contributed by atoms with Gasteiger partial charge in [-0.05, 0) is 30.3 Å². The van der Waals surface area contributed by atoms with Crippen LogP contribution in [-0.4, -0.2) is 40.9 Å². The largest absolute Gasteiger partial charge is 0.508 e. The second kappa shape index (κ2) is 9.13. The van der Waals surface area contributed by atoms with E-state index in [1.54, 1.807) is 0 Å². The van der Waals surface area contributed by atoms with Crippen LogP contribution in [0, 0.1) is 0 Å². The zero-order valence-electron chi connectivity index (χ0n) is 21.0. The molecule has 6 rings (SSSR count). The van der Waals surface area contributed by atoms with Crippen LogP contribution in [0.3, 0.4) is 0 Å². The molecule has 6 aromatic rings. The summed E-state index contributed by atoms with van der Waals surface area (Å²) in [6.45, 7) is 0. The molecule has 0 bridgehead atoms. The number of phenols is 8. The summed E-state index contributed by atoms with van der Waals surface area (Å²) in [5.74, 6) is -4.98. The van der Waals surface area contributed by atoms with Gasteiger partial charge in [0.05, 0.1) is 5.56 Å². The van der Waals surface area contributed by atoms with E-state index in [-0.39, 0.29) is 55.9 Å². The van der Waals surface area contributed by atoms with Crippen LogP contribution >= 0.6 is 0 Å². The zero-order chi connectivity index (χ0) is 30.0. The lowest BCUT2D eigenvalue weighted by molar-refractivity contribution is 0.404. The molecule has 4 aromatic carbocycles. The van der Waals surface area contributed by atoms with Gasteiger partial charge in [0.15, 0.2) is 39.4 Å². The molecule has 12 heteroatoms. The van der Waals surface area contributed by atoms with E-state index >= 15 is 0 Å². The molecule has 0 saturated carbocycles. The standard InChI is InChI=1S/C30H18O12/c31-13-6-17(34)27-20(37)9-24(41-25(27)7-13)12-3-14(29(40)22(39)5-12)26-18(35)8-19(36)28-21(38)10-23(42-30(26)28)11-1-2-15(32)16(33)4-11/h1-10,31-36,39-40H. The van der Waals surface area contributed by atoms with Crippen molar-refractivity contribution in [3.8, 4) is 79.8 Å². The lowest BCUT2D eigenvalue weighted by atomic mass is 9.96. The Labute approximate surface area is 232 Å². The fourth-order valence-electron chi connectivity index (χ4n) is 4.73. The van der Waals surface area contributed by atoms with Gasteiger partial charge in [-0.1, -0.05) is 0 Å². The van der Waals surface area contributed by atoms with Crippen molar-refractivity contribution in [3.63, 3.8) is 0 Å². The molecule has 0 spiro atoms. The van der Waals surface area contributed by atoms with Crippen LogP contribution in [0.4, 0.5) is 0 Å². The molecule has 0 aliphatic carbocycles. The summed E-state index contributed by atoms with van der Waals surface area (Å²) >= 11 is 0. The van der Waals surface area contributed by atoms with E-state index in [0.717, 1.165) is 48.5 Å². The molecule has 12 nitrogen and oxygen atoms in total. The molecule has 42 heavy (non-hydrogen) atoms. The monoisotopic (exact) mass is 570 g/mol. The number of hydrogen-bond acceptors (Lipinski definition) is 12. The molecule has 0 aliphatic rings. The van der Waals surface area contributed by atoms with Crippen LogP contribution in [0.1, 0.15) is 0 Å². The molecule has 210 valence electrons. The molecule has 0 saturated heterocycles. The van der Waals surface area contributed by atoms with E-state index in [1.165, 1.54) is 12.1 Å². The Morgan fingerprint density at radius 2 is 1.14 bits per heavy atom. The van der Waals surface area contributed by atoms with E-state index in [0.29, 0.717) is 0 Å². The molecule has 0 atom stereocenters. The van der Waals surface area contributed by atoms with Crippen LogP contribution in [0.15, 0.2) is 79.1 Å². The molecule has 0 aliphatic heterocycles. The third kappa shape index (κ3) is 4.02. The number of aromatic hydroxyl groups is 8. The molecule has 0 fully saturated rings. The molecular formula is C30H18O12. The topological polar surface area (TPSA) is 222 Å². The fraction of sp³-hybridized carbons (Fsp3) is 0. The first-order valence-corrected chi connectivity index (χ1v) is 12.0. The Kier molecular flexibility index (Phi) is 5.64. The normalized spacial score (nSPS) is 11.3. The van der Waals surface area contributed by atoms with Gasteiger partial charge in [-0.15, -0.1) is 0 Å². The lowest BCUT2D eigenvalue weighted by Gasteiger charge is -2.15. The summed E-state index contributed by atoms with van der Waals surface area (Å²) in [6, 6.07) is 10.8. The minimum Gasteiger partial charge on any atom is -0.508 e. The number of hydrogen-bond donors (Lipinski definition) is 8. The van der Waals surface area contributed by atoms with Crippen LogP contribution in [0.2, 0.25) is 0 Å². The van der Waals surface area contributed by atoms with E-state index in [2.05, 4.69) is 0 Å². The fourth-order valence-corrected chi connectivity index (χ4v) is 4.73. The highest BCUT2D eigenvalue weighted by atomic mass is 16.3. The van der Waals surface area contributed by atoms with Crippen LogP contribution in [0.25, 0.3) is 55.7 Å². The zero-order valence-corrected chi connectivity index (χ0v) is 21.0. The average Bonchev–Trinajstić information content (AvgIpc) is 2.91. The van der Waals surface area contributed by atoms with Gasteiger partial charge in [-0.25, -0.2) is 0 Å². The van der Waals surface area contributed by atoms with Gasteiger partial charge in [0.1, 0.15) is 50.9 Å². The van der Waals surface area contributed by atoms with Crippen molar-refractivity contribution in [2.24, 2.45) is 0 Å². The van der Waals surface area contributed by atoms with Crippen molar-refractivity contribution in [2.75, 3.05) is 0 Å². The first-order valence-electron chi connectivity index (χ1n) is 12.0. The smallest absolute Gasteiger partial charge is 0.197 e. The SMILES string of the molecule is O=c1cc(-c2cc(O)c(O)c(-c3c(O)cc(O)c4c(=O)cc(-c5ccc(O)c(O)c5)oc34)c2)oc2cc(O)cc(O)c12. The van der Waals surface area contributed by atoms with Gasteiger partial charge in [-0.2, -0.15) is 0 Å². The summed E-state index contributed by atoms with van der Waals surface area (Å²) in [5, 5.41) is 81.7. The molecule has 0 amide bonds. The Morgan fingerprint density at radius 3 is 1.86 bits per heavy atom. The number of phenolic OH excluding ortho intramolecular Hbond substituents is 8. The highest BCUT2D eigenvalue weighted by molar-refractivity contribution is 6.02. The highest BCUT2D eigenvalue weighted by Gasteiger charge is 2.25. The van der Waals surface area contributed by atoms with Gasteiger partial charge in [0.2, 0.25) is 0 Å². The maximum atomic E-state index is 13.1. The quantitative estimate of drug-likeness (QED) is 0.137. The summed E-state index contributed by atoms with van der Waals surface area (Å²) in [5.41, 5.74) is -2.56. The third-order valence-electron chi connectivity index (χ3n) is 6.66. The van der Waals surface area contributed by atoms with Gasteiger partial charge in [0.25, 0.3) is 0 Å². The van der Waals surface area contributed by atoms with E-state index in [1.807, 2.05) is 0 Å². The molecular weight excluding hydrogens is 552 g/mol. The first-order chi connectivity index (χ1) is 19.9. The van der Waals surface area contributed by atoms with Crippen molar-refractivity contribution in [2.45, 2.75) is 0 Å². The molecule has 2 aromatic heterocycles. The predicted molar refractivity (Wildman–Crippen MR) is 148 cm³/mol. The van der Waals surface area contributed by atoms with Crippen LogP contribution in [-0.2, 0) is 0 Å². The minimum absolute atomic E-state index is 0.00952. The van der Waals surface area contributed by atoms with Crippen molar-refractivity contribution < 1.29 is 49.7 Å². The second-order valence-corrected chi connectivity index (χ2v) is 9.38. The van der Waals surface area contributed by atoms with E-state index in [9.17, 15) is 50.4 Å². The Hall–Kier alpha value is -6.30. The summed E-state index contributed by atoms with van der Waals surface area (Å²) in [6.07, 6.45) is 0. The maximum absolute atomic E-state index is 13.1. The van der Waals surface area contributed by atoms with Gasteiger partial charge in [-0.3, -0.25) is 9.59 Å². The van der Waals surface area contributed by atoms with Crippen molar-refractivity contribution >= 4 is 21.9 Å². The number of fused-ring (bicyclic) bond motifs is 2. The van der Waals surface area contributed by atoms with E-state index in [4.69, 9.17) is 8.83 Å². The van der Waals surface area contributed by atoms with E-state index < -0.39 is 56.7 Å². The second-order valence-electron chi connectivity index (χ2n) is 9.38. The van der Waals surface area contributed by atoms with Gasteiger partial charge in [0, 0.05) is 47.0 Å². The Balaban J connectivity index is 1.64. The minimum atomic E-state index is -0.769. The molecule has 0 radical (unpaired) electrons. The molecule has 0 unspecified atom stereocenters. The van der Waals surface area contributed by atoms with Gasteiger partial charge >= 0.3 is 0 Å². The average molecular weight is 570 g/mol. The Morgan fingerprint density at radius 1 is 0.500 bits per heavy atom. The summed E-state index contributed by atoms with van der Waals surface area (Å²) < 4.78 is 11.6. The maximum Gasteiger partial charge on any atom is 0.197 e. The third-order valence-corrected chi connectivity index (χ3v) is 6.66. The number of rotatable bonds is 3. The number of benzene rings is 4. The first kappa shape index (κ1) is 26.0. The van der Waals surface area contributed by atoms with Gasteiger partial charge < -0.3 is 49.7 Å².